The topological polar surface area (TPSA) is 68.2 Å². The van der Waals surface area contributed by atoms with Gasteiger partial charge in [-0.25, -0.2) is 0 Å². The molecule has 0 atom stereocenters. The van der Waals surface area contributed by atoms with Crippen LogP contribution in [0.15, 0.2) is 4.42 Å². The van der Waals surface area contributed by atoms with Gasteiger partial charge in [-0.1, -0.05) is 5.10 Å². The lowest BCUT2D eigenvalue weighted by Crippen LogP contribution is -2.29. The van der Waals surface area contributed by atoms with Crippen molar-refractivity contribution in [1.29, 1.82) is 0 Å². The molecule has 2 heterocycles. The van der Waals surface area contributed by atoms with E-state index in [-0.39, 0.29) is 0 Å². The lowest BCUT2D eigenvalue weighted by atomic mass is 9.86. The zero-order valence-electron chi connectivity index (χ0n) is 10.8. The van der Waals surface area contributed by atoms with Crippen LogP contribution in [0.3, 0.4) is 0 Å². The summed E-state index contributed by atoms with van der Waals surface area (Å²) < 4.78 is 5.86. The predicted molar refractivity (Wildman–Crippen MR) is 69.5 cm³/mol. The first-order valence-corrected chi connectivity index (χ1v) is 7.17. The van der Waals surface area contributed by atoms with Crippen molar-refractivity contribution in [2.75, 3.05) is 18.0 Å². The minimum Gasteiger partial charge on any atom is -0.408 e. The largest absolute Gasteiger partial charge is 0.408 e. The predicted octanol–water partition coefficient (Wildman–Crippen LogP) is 2.04. The maximum absolute atomic E-state index is 5.92. The van der Waals surface area contributed by atoms with E-state index in [0.717, 1.165) is 50.7 Å². The van der Waals surface area contributed by atoms with Crippen LogP contribution in [0.25, 0.3) is 0 Å². The van der Waals surface area contributed by atoms with E-state index in [2.05, 4.69) is 15.1 Å². The minimum absolute atomic E-state index is 0.366. The first-order chi connectivity index (χ1) is 8.83. The molecule has 1 aromatic heterocycles. The van der Waals surface area contributed by atoms with Crippen molar-refractivity contribution in [1.82, 2.24) is 10.2 Å². The first kappa shape index (κ1) is 12.0. The fourth-order valence-electron chi connectivity index (χ4n) is 2.97. The zero-order valence-corrected chi connectivity index (χ0v) is 10.8. The Hall–Kier alpha value is -1.10. The van der Waals surface area contributed by atoms with E-state index in [0.29, 0.717) is 12.0 Å². The molecular formula is C13H22N4O. The highest BCUT2D eigenvalue weighted by atomic mass is 16.4. The lowest BCUT2D eigenvalue weighted by Gasteiger charge is -2.25. The van der Waals surface area contributed by atoms with Gasteiger partial charge in [0.05, 0.1) is 0 Å². The van der Waals surface area contributed by atoms with E-state index in [1.54, 1.807) is 0 Å². The number of hydrogen-bond acceptors (Lipinski definition) is 5. The van der Waals surface area contributed by atoms with Gasteiger partial charge in [0.25, 0.3) is 0 Å². The number of nitrogens with two attached hydrogens (primary N) is 1. The minimum atomic E-state index is 0.366. The van der Waals surface area contributed by atoms with Crippen molar-refractivity contribution in [3.05, 3.63) is 5.89 Å². The number of piperidine rings is 1. The van der Waals surface area contributed by atoms with E-state index in [1.165, 1.54) is 19.3 Å². The summed E-state index contributed by atoms with van der Waals surface area (Å²) in [5.74, 6) is 1.25. The van der Waals surface area contributed by atoms with Crippen molar-refractivity contribution in [3.8, 4) is 0 Å². The maximum atomic E-state index is 5.92. The molecule has 0 spiro atoms. The molecule has 2 fully saturated rings. The van der Waals surface area contributed by atoms with Crippen LogP contribution in [0.1, 0.15) is 56.8 Å². The summed E-state index contributed by atoms with van der Waals surface area (Å²) in [6.07, 6.45) is 8.10. The van der Waals surface area contributed by atoms with Gasteiger partial charge in [0.1, 0.15) is 0 Å². The molecule has 2 aliphatic rings. The van der Waals surface area contributed by atoms with Gasteiger partial charge >= 0.3 is 6.01 Å². The van der Waals surface area contributed by atoms with E-state index in [9.17, 15) is 0 Å². The van der Waals surface area contributed by atoms with Gasteiger partial charge in [-0.2, -0.15) is 0 Å². The van der Waals surface area contributed by atoms with Crippen molar-refractivity contribution in [3.63, 3.8) is 0 Å². The number of nitrogens with zero attached hydrogens (tertiary/aromatic N) is 3. The van der Waals surface area contributed by atoms with Gasteiger partial charge in [-0.3, -0.25) is 0 Å². The molecule has 0 aromatic carbocycles. The highest BCUT2D eigenvalue weighted by molar-refractivity contribution is 5.24. The van der Waals surface area contributed by atoms with Gasteiger partial charge in [0.2, 0.25) is 5.89 Å². The van der Waals surface area contributed by atoms with Gasteiger partial charge in [-0.05, 0) is 44.9 Å². The Kier molecular flexibility index (Phi) is 3.50. The van der Waals surface area contributed by atoms with Crippen molar-refractivity contribution >= 4 is 6.01 Å². The Morgan fingerprint density at radius 3 is 2.44 bits per heavy atom. The molecule has 0 unspecified atom stereocenters. The third-order valence-corrected chi connectivity index (χ3v) is 4.18. The average molecular weight is 250 g/mol. The Bertz CT molecular complexity index is 378. The molecule has 1 saturated carbocycles. The summed E-state index contributed by atoms with van der Waals surface area (Å²) in [7, 11) is 0. The summed E-state index contributed by atoms with van der Waals surface area (Å²) in [4.78, 5) is 2.22. The Labute approximate surface area is 108 Å². The third kappa shape index (κ3) is 2.51. The molecule has 0 radical (unpaired) electrons. The molecule has 0 bridgehead atoms. The maximum Gasteiger partial charge on any atom is 0.318 e. The van der Waals surface area contributed by atoms with E-state index >= 15 is 0 Å². The molecular weight excluding hydrogens is 228 g/mol. The molecule has 18 heavy (non-hydrogen) atoms. The van der Waals surface area contributed by atoms with Crippen molar-refractivity contribution < 1.29 is 4.42 Å². The highest BCUT2D eigenvalue weighted by Crippen LogP contribution is 2.32. The molecule has 5 nitrogen and oxygen atoms in total. The van der Waals surface area contributed by atoms with Crippen LogP contribution in [0.5, 0.6) is 0 Å². The lowest BCUT2D eigenvalue weighted by molar-refractivity contribution is 0.337. The fraction of sp³-hybridized carbons (Fsp3) is 0.846. The molecule has 1 aromatic rings. The summed E-state index contributed by atoms with van der Waals surface area (Å²) in [6.45, 7) is 2.11. The Morgan fingerprint density at radius 2 is 1.72 bits per heavy atom. The Morgan fingerprint density at radius 1 is 1.00 bits per heavy atom. The summed E-state index contributed by atoms with van der Waals surface area (Å²) in [5.41, 5.74) is 5.92. The van der Waals surface area contributed by atoms with E-state index in [1.807, 2.05) is 0 Å². The molecule has 1 aliphatic carbocycles. The summed E-state index contributed by atoms with van der Waals surface area (Å²) in [5, 5.41) is 8.45. The van der Waals surface area contributed by atoms with Crippen molar-refractivity contribution in [2.24, 2.45) is 5.73 Å². The molecule has 3 rings (SSSR count). The summed E-state index contributed by atoms with van der Waals surface area (Å²) >= 11 is 0. The molecule has 2 N–H and O–H groups in total. The molecule has 1 aliphatic heterocycles. The highest BCUT2D eigenvalue weighted by Gasteiger charge is 2.26. The van der Waals surface area contributed by atoms with Crippen molar-refractivity contribution in [2.45, 2.75) is 56.9 Å². The van der Waals surface area contributed by atoms with Crippen LogP contribution in [0.4, 0.5) is 6.01 Å². The number of rotatable bonds is 2. The van der Waals surface area contributed by atoms with E-state index in [4.69, 9.17) is 10.2 Å². The van der Waals surface area contributed by atoms with Crippen LogP contribution in [0, 0.1) is 0 Å². The number of hydrogen-bond donors (Lipinski definition) is 1. The summed E-state index contributed by atoms with van der Waals surface area (Å²) in [6, 6.07) is 1.09. The van der Waals surface area contributed by atoms with Crippen LogP contribution in [-0.2, 0) is 0 Å². The Balaban J connectivity index is 1.65. The first-order valence-electron chi connectivity index (χ1n) is 7.17. The fourth-order valence-corrected chi connectivity index (χ4v) is 2.97. The monoisotopic (exact) mass is 250 g/mol. The second-order valence-corrected chi connectivity index (χ2v) is 5.58. The smallest absolute Gasteiger partial charge is 0.318 e. The average Bonchev–Trinajstić information content (AvgIpc) is 2.90. The quantitative estimate of drug-likeness (QED) is 0.870. The second-order valence-electron chi connectivity index (χ2n) is 5.58. The zero-order chi connectivity index (χ0) is 12.4. The second kappa shape index (κ2) is 5.26. The van der Waals surface area contributed by atoms with Crippen LogP contribution in [-0.4, -0.2) is 29.3 Å². The molecule has 100 valence electrons. The van der Waals surface area contributed by atoms with Gasteiger partial charge in [-0.15, -0.1) is 5.10 Å². The van der Waals surface area contributed by atoms with Crippen LogP contribution >= 0.6 is 0 Å². The van der Waals surface area contributed by atoms with Gasteiger partial charge < -0.3 is 15.1 Å². The third-order valence-electron chi connectivity index (χ3n) is 4.18. The number of anilines is 1. The van der Waals surface area contributed by atoms with Gasteiger partial charge in [0.15, 0.2) is 0 Å². The molecule has 1 saturated heterocycles. The standard InChI is InChI=1S/C13H22N4O/c14-11-6-4-10(5-7-11)12-15-16-13(18-12)17-8-2-1-3-9-17/h10-11H,1-9,14H2. The SMILES string of the molecule is NC1CCC(c2nnc(N3CCCCC3)o2)CC1. The number of aromatic nitrogens is 2. The van der Waals surface area contributed by atoms with Gasteiger partial charge in [0, 0.05) is 25.0 Å². The van der Waals surface area contributed by atoms with Crippen LogP contribution in [0.2, 0.25) is 0 Å². The molecule has 5 heteroatoms. The molecule has 0 amide bonds. The van der Waals surface area contributed by atoms with E-state index < -0.39 is 0 Å². The normalized spacial score (nSPS) is 29.5. The van der Waals surface area contributed by atoms with Crippen LogP contribution < -0.4 is 10.6 Å².